The maximum atomic E-state index is 12.6. The van der Waals surface area contributed by atoms with Crippen LogP contribution in [0, 0.1) is 6.92 Å². The molecule has 0 bridgehead atoms. The van der Waals surface area contributed by atoms with Gasteiger partial charge in [0.2, 0.25) is 0 Å². The Balaban J connectivity index is 1.68. The Hall–Kier alpha value is -1.81. The number of nitrogens with zero attached hydrogens (tertiary/aromatic N) is 2. The summed E-state index contributed by atoms with van der Waals surface area (Å²) in [5, 5.41) is 14.6. The summed E-state index contributed by atoms with van der Waals surface area (Å²) in [7, 11) is 1.57. The fourth-order valence-corrected chi connectivity index (χ4v) is 4.22. The summed E-state index contributed by atoms with van der Waals surface area (Å²) in [5.41, 5.74) is 0.874. The molecular formula is C16H18Cl2N4O4S. The van der Waals surface area contributed by atoms with Crippen molar-refractivity contribution in [1.82, 2.24) is 15.3 Å². The van der Waals surface area contributed by atoms with Crippen LogP contribution in [0.1, 0.15) is 33.1 Å². The first-order valence-corrected chi connectivity index (χ1v) is 9.76. The third-order valence-electron chi connectivity index (χ3n) is 4.44. The van der Waals surface area contributed by atoms with E-state index in [1.165, 1.54) is 16.7 Å². The van der Waals surface area contributed by atoms with Gasteiger partial charge < -0.3 is 25.0 Å². The summed E-state index contributed by atoms with van der Waals surface area (Å²) in [6, 6.07) is -0.226. The molecule has 1 fully saturated rings. The van der Waals surface area contributed by atoms with Crippen LogP contribution >= 0.6 is 34.5 Å². The Morgan fingerprint density at radius 3 is 2.74 bits per heavy atom. The molecular weight excluding hydrogens is 415 g/mol. The highest BCUT2D eigenvalue weighted by molar-refractivity contribution is 7.13. The van der Waals surface area contributed by atoms with Gasteiger partial charge in [0.25, 0.3) is 5.91 Å². The van der Waals surface area contributed by atoms with Crippen LogP contribution in [0.5, 0.6) is 0 Å². The summed E-state index contributed by atoms with van der Waals surface area (Å²) in [6.45, 7) is 2.82. The lowest BCUT2D eigenvalue weighted by atomic mass is 10.0. The number of carboxylic acid groups (broad SMARTS) is 1. The molecule has 8 nitrogen and oxygen atoms in total. The highest BCUT2D eigenvalue weighted by Crippen LogP contribution is 2.30. The van der Waals surface area contributed by atoms with E-state index in [1.54, 1.807) is 14.0 Å². The van der Waals surface area contributed by atoms with Gasteiger partial charge in [0.05, 0.1) is 22.2 Å². The van der Waals surface area contributed by atoms with E-state index in [2.05, 4.69) is 15.3 Å². The number of carboxylic acids is 1. The molecule has 0 radical (unpaired) electrons. The van der Waals surface area contributed by atoms with Gasteiger partial charge in [0, 0.05) is 31.3 Å². The maximum Gasteiger partial charge on any atom is 0.355 e. The topological polar surface area (TPSA) is 108 Å². The molecule has 3 rings (SSSR count). The van der Waals surface area contributed by atoms with E-state index in [-0.39, 0.29) is 34.5 Å². The number of amides is 1. The molecule has 2 aromatic rings. The molecule has 1 amide bonds. The minimum absolute atomic E-state index is 0.0213. The van der Waals surface area contributed by atoms with Gasteiger partial charge in [-0.3, -0.25) is 4.79 Å². The molecule has 1 aliphatic heterocycles. The van der Waals surface area contributed by atoms with Gasteiger partial charge in [-0.2, -0.15) is 0 Å². The monoisotopic (exact) mass is 432 g/mol. The molecule has 27 heavy (non-hydrogen) atoms. The number of ether oxygens (including phenoxy) is 1. The van der Waals surface area contributed by atoms with Crippen LogP contribution in [0.4, 0.5) is 5.13 Å². The van der Waals surface area contributed by atoms with Gasteiger partial charge in [0.1, 0.15) is 5.69 Å². The minimum Gasteiger partial charge on any atom is -0.476 e. The Labute approximate surface area is 169 Å². The Morgan fingerprint density at radius 2 is 2.19 bits per heavy atom. The Bertz CT molecular complexity index is 869. The van der Waals surface area contributed by atoms with Gasteiger partial charge in [-0.25, -0.2) is 9.78 Å². The number of halogens is 2. The molecule has 0 spiro atoms. The number of H-pyrrole nitrogens is 1. The lowest BCUT2D eigenvalue weighted by Gasteiger charge is -2.37. The maximum absolute atomic E-state index is 12.6. The largest absolute Gasteiger partial charge is 0.476 e. The van der Waals surface area contributed by atoms with Gasteiger partial charge in [-0.1, -0.05) is 23.2 Å². The zero-order valence-electron chi connectivity index (χ0n) is 14.6. The molecule has 1 saturated heterocycles. The smallest absolute Gasteiger partial charge is 0.355 e. The van der Waals surface area contributed by atoms with E-state index in [1.807, 2.05) is 4.90 Å². The predicted octanol–water partition coefficient (Wildman–Crippen LogP) is 2.81. The van der Waals surface area contributed by atoms with Crippen LogP contribution in [0.15, 0.2) is 5.38 Å². The van der Waals surface area contributed by atoms with Crippen molar-refractivity contribution in [3.8, 4) is 0 Å². The predicted molar refractivity (Wildman–Crippen MR) is 104 cm³/mol. The second kappa shape index (κ2) is 8.05. The molecule has 0 saturated carbocycles. The van der Waals surface area contributed by atoms with Crippen molar-refractivity contribution in [3.05, 3.63) is 32.5 Å². The van der Waals surface area contributed by atoms with Crippen molar-refractivity contribution in [1.29, 1.82) is 0 Å². The first-order valence-electron chi connectivity index (χ1n) is 8.12. The summed E-state index contributed by atoms with van der Waals surface area (Å²) in [6.07, 6.45) is 0.322. The van der Waals surface area contributed by atoms with Crippen LogP contribution in [0.2, 0.25) is 10.0 Å². The normalized spacial score (nSPS) is 19.9. The molecule has 0 aromatic carbocycles. The van der Waals surface area contributed by atoms with Crippen molar-refractivity contribution in [2.24, 2.45) is 0 Å². The third kappa shape index (κ3) is 4.06. The number of methoxy groups -OCH3 is 1. The first kappa shape index (κ1) is 19.9. The molecule has 2 atom stereocenters. The number of hydrogen-bond donors (Lipinski definition) is 3. The molecule has 11 heteroatoms. The highest BCUT2D eigenvalue weighted by atomic mass is 35.5. The number of carbonyl (C=O) groups is 2. The number of aromatic carboxylic acids is 1. The van der Waals surface area contributed by atoms with Crippen LogP contribution in [-0.2, 0) is 4.74 Å². The molecule has 0 aliphatic carbocycles. The first-order chi connectivity index (χ1) is 12.8. The second-order valence-corrected chi connectivity index (χ2v) is 7.75. The van der Waals surface area contributed by atoms with Gasteiger partial charge in [-0.15, -0.1) is 11.3 Å². The third-order valence-corrected chi connectivity index (χ3v) is 6.29. The Kier molecular flexibility index (Phi) is 5.95. The van der Waals surface area contributed by atoms with E-state index in [0.717, 1.165) is 0 Å². The lowest BCUT2D eigenvalue weighted by Crippen LogP contribution is -2.55. The highest BCUT2D eigenvalue weighted by Gasteiger charge is 2.33. The second-order valence-electron chi connectivity index (χ2n) is 6.16. The summed E-state index contributed by atoms with van der Waals surface area (Å²) in [4.78, 5) is 32.5. The van der Waals surface area contributed by atoms with Crippen LogP contribution in [-0.4, -0.2) is 59.3 Å². The molecule has 0 unspecified atom stereocenters. The van der Waals surface area contributed by atoms with Gasteiger partial charge in [0.15, 0.2) is 10.8 Å². The average molecular weight is 433 g/mol. The number of aromatic amines is 1. The zero-order chi connectivity index (χ0) is 19.7. The lowest BCUT2D eigenvalue weighted by molar-refractivity contribution is 0.0539. The van der Waals surface area contributed by atoms with Crippen LogP contribution < -0.4 is 10.2 Å². The summed E-state index contributed by atoms with van der Waals surface area (Å²) < 4.78 is 5.54. The minimum atomic E-state index is -1.06. The van der Waals surface area contributed by atoms with E-state index in [0.29, 0.717) is 35.4 Å². The number of rotatable bonds is 5. The number of carbonyl (C=O) groups excluding carboxylic acids is 1. The molecule has 3 N–H and O–H groups in total. The van der Waals surface area contributed by atoms with E-state index >= 15 is 0 Å². The summed E-state index contributed by atoms with van der Waals surface area (Å²) >= 11 is 13.4. The fraction of sp³-hybridized carbons (Fsp3) is 0.438. The number of nitrogens with one attached hydrogen (secondary N) is 2. The Morgan fingerprint density at radius 1 is 1.44 bits per heavy atom. The molecule has 3 heterocycles. The van der Waals surface area contributed by atoms with Crippen molar-refractivity contribution < 1.29 is 19.4 Å². The zero-order valence-corrected chi connectivity index (χ0v) is 16.9. The number of piperidine rings is 1. The molecule has 1 aliphatic rings. The number of aromatic nitrogens is 2. The van der Waals surface area contributed by atoms with E-state index < -0.39 is 5.97 Å². The van der Waals surface area contributed by atoms with Gasteiger partial charge in [-0.05, 0) is 13.3 Å². The summed E-state index contributed by atoms with van der Waals surface area (Å²) in [5.74, 6) is -1.40. The average Bonchev–Trinajstić information content (AvgIpc) is 3.23. The quantitative estimate of drug-likeness (QED) is 0.670. The van der Waals surface area contributed by atoms with E-state index in [9.17, 15) is 9.59 Å². The van der Waals surface area contributed by atoms with Crippen LogP contribution in [0.3, 0.4) is 0 Å². The van der Waals surface area contributed by atoms with Crippen molar-refractivity contribution >= 4 is 51.5 Å². The fourth-order valence-electron chi connectivity index (χ4n) is 2.97. The molecule has 146 valence electrons. The number of anilines is 1. The standard InChI is InChI=1S/C16H18Cl2N4O4S/c1-7-11(17)12(18)13(19-7)14(23)20-8-3-4-22(5-10(8)26-2)16-21-9(6-27-16)15(24)25/h6,8,10,19H,3-5H2,1-2H3,(H,20,23)(H,24,25)/t8-,10+/m1/s1. The van der Waals surface area contributed by atoms with Crippen molar-refractivity contribution in [2.75, 3.05) is 25.1 Å². The van der Waals surface area contributed by atoms with Crippen LogP contribution in [0.25, 0.3) is 0 Å². The number of aryl methyl sites for hydroxylation is 1. The SMILES string of the molecule is CO[C@H]1CN(c2nc(C(=O)O)cs2)CC[C@H]1NC(=O)c1[nH]c(C)c(Cl)c1Cl. The number of hydrogen-bond acceptors (Lipinski definition) is 6. The van der Waals surface area contributed by atoms with Crippen molar-refractivity contribution in [3.63, 3.8) is 0 Å². The molecule has 2 aromatic heterocycles. The van der Waals surface area contributed by atoms with Gasteiger partial charge >= 0.3 is 5.97 Å². The van der Waals surface area contributed by atoms with E-state index in [4.69, 9.17) is 33.0 Å². The number of thiazole rings is 1. The van der Waals surface area contributed by atoms with Crippen molar-refractivity contribution in [2.45, 2.75) is 25.5 Å².